The average molecular weight is 583 g/mol. The third kappa shape index (κ3) is 5.35. The molecule has 220 valence electrons. The summed E-state index contributed by atoms with van der Waals surface area (Å²) in [6.45, 7) is 6.86. The molecule has 9 nitrogen and oxygen atoms in total. The summed E-state index contributed by atoms with van der Waals surface area (Å²) < 4.78 is 20.4. The van der Waals surface area contributed by atoms with Crippen LogP contribution in [0.4, 0.5) is 4.39 Å². The number of nitrogens with zero attached hydrogens (tertiary/aromatic N) is 4. The van der Waals surface area contributed by atoms with E-state index in [2.05, 4.69) is 40.1 Å². The van der Waals surface area contributed by atoms with Crippen LogP contribution in [0.3, 0.4) is 0 Å². The van der Waals surface area contributed by atoms with Gasteiger partial charge in [-0.1, -0.05) is 12.6 Å². The van der Waals surface area contributed by atoms with E-state index in [0.29, 0.717) is 50.7 Å². The van der Waals surface area contributed by atoms with Gasteiger partial charge in [0.25, 0.3) is 0 Å². The first-order valence-electron chi connectivity index (χ1n) is 14.7. The van der Waals surface area contributed by atoms with Crippen LogP contribution in [0, 0.1) is 23.1 Å². The fourth-order valence-electron chi connectivity index (χ4n) is 7.50. The largest absolute Gasteiger partial charge is 0.348 e. The molecule has 4 aliphatic heterocycles. The predicted molar refractivity (Wildman–Crippen MR) is 153 cm³/mol. The third-order valence-corrected chi connectivity index (χ3v) is 11.3. The van der Waals surface area contributed by atoms with Crippen LogP contribution in [0.5, 0.6) is 0 Å². The second-order valence-electron chi connectivity index (χ2n) is 12.0. The Labute approximate surface area is 245 Å². The molecule has 2 N–H and O–H groups in total. The number of likely N-dealkylation sites (tertiary alicyclic amines) is 1. The Kier molecular flexibility index (Phi) is 8.24. The number of piperazine rings is 1. The summed E-state index contributed by atoms with van der Waals surface area (Å²) in [6, 6.07) is 6.98. The number of carbonyl (C=O) groups excluding carboxylic acids is 2. The number of hydrogen-bond donors (Lipinski definition) is 2. The summed E-state index contributed by atoms with van der Waals surface area (Å²) in [6.07, 6.45) is 4.93. The van der Waals surface area contributed by atoms with Gasteiger partial charge >= 0.3 is 0 Å². The minimum Gasteiger partial charge on any atom is -0.348 e. The van der Waals surface area contributed by atoms with Gasteiger partial charge in [-0.15, -0.1) is 11.8 Å². The van der Waals surface area contributed by atoms with E-state index in [1.165, 1.54) is 23.9 Å². The van der Waals surface area contributed by atoms with Gasteiger partial charge in [0.05, 0.1) is 42.1 Å². The number of likely N-dealkylation sites (N-methyl/N-ethyl adjacent to an activating group) is 1. The molecule has 0 aromatic heterocycles. The van der Waals surface area contributed by atoms with E-state index in [1.807, 2.05) is 6.07 Å². The normalized spacial score (nSPS) is 35.7. The number of nitriles is 1. The number of rotatable bonds is 6. The Morgan fingerprint density at radius 3 is 2.88 bits per heavy atom. The molecule has 4 fully saturated rings. The predicted octanol–water partition coefficient (Wildman–Crippen LogP) is 2.09. The molecule has 7 atom stereocenters. The monoisotopic (exact) mass is 582 g/mol. The lowest BCUT2D eigenvalue weighted by Crippen LogP contribution is -2.75. The lowest BCUT2D eigenvalue weighted by molar-refractivity contribution is -0.144. The van der Waals surface area contributed by atoms with Crippen molar-refractivity contribution in [1.82, 2.24) is 25.3 Å². The number of halogens is 1. The first-order valence-corrected chi connectivity index (χ1v) is 15.5. The summed E-state index contributed by atoms with van der Waals surface area (Å²) in [4.78, 5) is 34.1. The molecule has 1 aromatic carbocycles. The SMILES string of the molecule is C=CC(=O)N1CCN(C2NC(OCC3CCCN3C)NC3C(=O)[C@]4(CCC32)Cc2c(F)cccc2S4)CC1CC#N. The second kappa shape index (κ2) is 11.7. The van der Waals surface area contributed by atoms with Crippen molar-refractivity contribution >= 4 is 23.5 Å². The second-order valence-corrected chi connectivity index (χ2v) is 13.5. The molecule has 0 bridgehead atoms. The molecule has 1 saturated carbocycles. The maximum Gasteiger partial charge on any atom is 0.246 e. The summed E-state index contributed by atoms with van der Waals surface area (Å²) in [5.41, 5.74) is 0.647. The Balaban J connectivity index is 1.24. The molecule has 11 heteroatoms. The van der Waals surface area contributed by atoms with E-state index in [1.54, 1.807) is 11.0 Å². The summed E-state index contributed by atoms with van der Waals surface area (Å²) in [7, 11) is 2.11. The fraction of sp³-hybridized carbons (Fsp3) is 0.633. The quantitative estimate of drug-likeness (QED) is 0.489. The van der Waals surface area contributed by atoms with Gasteiger partial charge in [-0.2, -0.15) is 5.26 Å². The molecule has 1 aromatic rings. The highest BCUT2D eigenvalue weighted by atomic mass is 32.2. The lowest BCUT2D eigenvalue weighted by Gasteiger charge is -2.54. The van der Waals surface area contributed by atoms with Crippen molar-refractivity contribution in [2.75, 3.05) is 39.8 Å². The van der Waals surface area contributed by atoms with Gasteiger partial charge < -0.3 is 14.5 Å². The maximum absolute atomic E-state index is 14.7. The molecule has 3 saturated heterocycles. The molecule has 6 rings (SSSR count). The number of amides is 1. The number of fused-ring (bicyclic) bond motifs is 2. The zero-order valence-corrected chi connectivity index (χ0v) is 24.4. The van der Waals surface area contributed by atoms with Crippen LogP contribution in [-0.4, -0.2) is 102 Å². The number of hydrogen-bond acceptors (Lipinski definition) is 9. The van der Waals surface area contributed by atoms with E-state index < -0.39 is 17.1 Å². The van der Waals surface area contributed by atoms with E-state index in [9.17, 15) is 19.2 Å². The lowest BCUT2D eigenvalue weighted by atomic mass is 9.72. The number of ether oxygens (including phenoxy) is 1. The first-order chi connectivity index (χ1) is 19.8. The number of nitrogens with one attached hydrogen (secondary N) is 2. The van der Waals surface area contributed by atoms with Crippen LogP contribution in [0.25, 0.3) is 0 Å². The van der Waals surface area contributed by atoms with Crippen molar-refractivity contribution in [2.24, 2.45) is 5.92 Å². The zero-order chi connectivity index (χ0) is 28.7. The van der Waals surface area contributed by atoms with Crippen LogP contribution < -0.4 is 10.6 Å². The van der Waals surface area contributed by atoms with Crippen molar-refractivity contribution < 1.29 is 18.7 Å². The standard InChI is InChI=1S/C30H39FN6O3S/c1-3-25(38)37-15-14-36(17-19(37)10-12-32)28-21-9-11-30(16-22-23(31)7-4-8-24(22)41-30)27(39)26(21)33-29(34-28)40-18-20-6-5-13-35(20)2/h3-4,7-8,19-21,26,28-29,33-34H,1,5-6,9-11,13-18H2,2H3/t19?,20?,21?,26?,28?,29?,30-/m0/s1. The van der Waals surface area contributed by atoms with E-state index in [-0.39, 0.29) is 42.1 Å². The number of thioether (sulfide) groups is 1. The Bertz CT molecular complexity index is 1240. The number of benzene rings is 1. The number of carbonyl (C=O) groups is 2. The zero-order valence-electron chi connectivity index (χ0n) is 23.6. The van der Waals surface area contributed by atoms with Crippen LogP contribution in [0.15, 0.2) is 35.7 Å². The average Bonchev–Trinajstić information content (AvgIpc) is 3.57. The van der Waals surface area contributed by atoms with Crippen molar-refractivity contribution in [1.29, 1.82) is 5.26 Å². The summed E-state index contributed by atoms with van der Waals surface area (Å²) in [5, 5.41) is 16.7. The minimum atomic E-state index is -0.685. The number of Topliss-reactive ketones (excluding diaryl/α,β-unsaturated/α-hetero) is 1. The molecule has 0 radical (unpaired) electrons. The molecule has 1 aliphatic carbocycles. The van der Waals surface area contributed by atoms with Gasteiger partial charge in [0.15, 0.2) is 12.1 Å². The molecule has 4 heterocycles. The highest BCUT2D eigenvalue weighted by molar-refractivity contribution is 8.01. The Morgan fingerprint density at radius 2 is 2.15 bits per heavy atom. The molecule has 1 amide bonds. The Morgan fingerprint density at radius 1 is 1.29 bits per heavy atom. The van der Waals surface area contributed by atoms with Gasteiger partial charge in [-0.25, -0.2) is 4.39 Å². The van der Waals surface area contributed by atoms with E-state index in [0.717, 1.165) is 30.7 Å². The highest BCUT2D eigenvalue weighted by Crippen LogP contribution is 2.53. The molecule has 6 unspecified atom stereocenters. The fourth-order valence-corrected chi connectivity index (χ4v) is 9.03. The van der Waals surface area contributed by atoms with Gasteiger partial charge in [0, 0.05) is 42.1 Å². The third-order valence-electron chi connectivity index (χ3n) is 9.76. The van der Waals surface area contributed by atoms with Crippen molar-refractivity contribution in [3.63, 3.8) is 0 Å². The smallest absolute Gasteiger partial charge is 0.246 e. The maximum atomic E-state index is 14.7. The molecule has 5 aliphatic rings. The first kappa shape index (κ1) is 28.8. The Hall–Kier alpha value is -2.33. The van der Waals surface area contributed by atoms with Gasteiger partial charge in [-0.3, -0.25) is 25.1 Å². The van der Waals surface area contributed by atoms with Crippen molar-refractivity contribution in [2.45, 2.75) is 78.8 Å². The topological polar surface area (TPSA) is 101 Å². The molecular weight excluding hydrogens is 543 g/mol. The van der Waals surface area contributed by atoms with Crippen molar-refractivity contribution in [3.8, 4) is 6.07 Å². The minimum absolute atomic E-state index is 0.0271. The van der Waals surface area contributed by atoms with E-state index in [4.69, 9.17) is 4.74 Å². The highest BCUT2D eigenvalue weighted by Gasteiger charge is 2.57. The van der Waals surface area contributed by atoms with Gasteiger partial charge in [0.2, 0.25) is 5.91 Å². The molecule has 41 heavy (non-hydrogen) atoms. The molecular formula is C30H39FN6O3S. The van der Waals surface area contributed by atoms with Crippen LogP contribution in [0.2, 0.25) is 0 Å². The van der Waals surface area contributed by atoms with Crippen LogP contribution in [-0.2, 0) is 20.7 Å². The summed E-state index contributed by atoms with van der Waals surface area (Å²) in [5.74, 6) is -0.319. The van der Waals surface area contributed by atoms with E-state index >= 15 is 0 Å². The number of ketones is 1. The van der Waals surface area contributed by atoms with Crippen molar-refractivity contribution in [3.05, 3.63) is 42.2 Å². The van der Waals surface area contributed by atoms with Crippen LogP contribution >= 0.6 is 11.8 Å². The van der Waals surface area contributed by atoms with Gasteiger partial charge in [-0.05, 0) is 63.9 Å². The van der Waals surface area contributed by atoms with Crippen LogP contribution in [0.1, 0.15) is 37.7 Å². The summed E-state index contributed by atoms with van der Waals surface area (Å²) >= 11 is 1.52. The van der Waals surface area contributed by atoms with Gasteiger partial charge in [0.1, 0.15) is 5.82 Å². The molecule has 1 spiro atoms.